The van der Waals surface area contributed by atoms with Gasteiger partial charge in [0.25, 0.3) is 5.91 Å². The van der Waals surface area contributed by atoms with Crippen molar-refractivity contribution in [3.8, 4) is 0 Å². The van der Waals surface area contributed by atoms with E-state index in [2.05, 4.69) is 31.9 Å². The Morgan fingerprint density at radius 2 is 1.80 bits per heavy atom. The highest BCUT2D eigenvalue weighted by Gasteiger charge is 2.25. The number of nitrogens with two attached hydrogens (primary N) is 1. The predicted molar refractivity (Wildman–Crippen MR) is 88.1 cm³/mol. The van der Waals surface area contributed by atoms with Crippen molar-refractivity contribution in [3.05, 3.63) is 56.5 Å². The summed E-state index contributed by atoms with van der Waals surface area (Å²) in [6.45, 7) is 0.696. The molecule has 3 rings (SSSR count). The number of rotatable bonds is 1. The van der Waals surface area contributed by atoms with Crippen LogP contribution in [0.15, 0.2) is 45.3 Å². The van der Waals surface area contributed by atoms with E-state index in [4.69, 9.17) is 5.73 Å². The molecule has 5 heteroatoms. The van der Waals surface area contributed by atoms with Crippen LogP contribution in [0.3, 0.4) is 0 Å². The molecule has 1 heterocycles. The Labute approximate surface area is 134 Å². The fourth-order valence-electron chi connectivity index (χ4n) is 2.44. The molecular weight excluding hydrogens is 384 g/mol. The Hall–Kier alpha value is -1.33. The van der Waals surface area contributed by atoms with E-state index in [-0.39, 0.29) is 5.91 Å². The number of anilines is 2. The molecule has 2 aromatic rings. The summed E-state index contributed by atoms with van der Waals surface area (Å²) in [5.41, 5.74) is 9.25. The largest absolute Gasteiger partial charge is 0.399 e. The number of fused-ring (bicyclic) bond motifs is 1. The smallest absolute Gasteiger partial charge is 0.258 e. The number of halogens is 2. The van der Waals surface area contributed by atoms with E-state index >= 15 is 0 Å². The third kappa shape index (κ3) is 2.47. The summed E-state index contributed by atoms with van der Waals surface area (Å²) in [5.74, 6) is -0.00338. The van der Waals surface area contributed by atoms with E-state index in [1.807, 2.05) is 36.4 Å². The standard InChI is InChI=1S/C15H12Br2N2O/c16-11-5-10(6-12(17)7-11)15(20)19-4-3-9-1-2-13(18)8-14(9)19/h1-2,5-8H,3-4,18H2. The molecule has 0 unspecified atom stereocenters. The number of nitrogen functional groups attached to an aromatic ring is 1. The molecule has 0 radical (unpaired) electrons. The van der Waals surface area contributed by atoms with Crippen molar-refractivity contribution in [2.75, 3.05) is 17.2 Å². The summed E-state index contributed by atoms with van der Waals surface area (Å²) >= 11 is 6.82. The fourth-order valence-corrected chi connectivity index (χ4v) is 3.73. The van der Waals surface area contributed by atoms with Gasteiger partial charge in [0.1, 0.15) is 0 Å². The van der Waals surface area contributed by atoms with Gasteiger partial charge in [-0.1, -0.05) is 37.9 Å². The van der Waals surface area contributed by atoms with Crippen LogP contribution in [0, 0.1) is 0 Å². The lowest BCUT2D eigenvalue weighted by Gasteiger charge is -2.18. The van der Waals surface area contributed by atoms with Crippen LogP contribution in [-0.2, 0) is 6.42 Å². The van der Waals surface area contributed by atoms with Crippen LogP contribution in [0.5, 0.6) is 0 Å². The molecule has 1 aliphatic rings. The number of benzene rings is 2. The van der Waals surface area contributed by atoms with Crippen LogP contribution in [-0.4, -0.2) is 12.5 Å². The van der Waals surface area contributed by atoms with Gasteiger partial charge in [-0.05, 0) is 42.3 Å². The molecule has 0 fully saturated rings. The maximum atomic E-state index is 12.7. The molecule has 102 valence electrons. The summed E-state index contributed by atoms with van der Waals surface area (Å²) in [7, 11) is 0. The first-order valence-electron chi connectivity index (χ1n) is 6.21. The van der Waals surface area contributed by atoms with E-state index in [0.717, 1.165) is 21.1 Å². The number of carbonyl (C=O) groups excluding carboxylic acids is 1. The van der Waals surface area contributed by atoms with Gasteiger partial charge in [-0.25, -0.2) is 0 Å². The first kappa shape index (κ1) is 13.6. The Morgan fingerprint density at radius 1 is 1.10 bits per heavy atom. The molecule has 0 bridgehead atoms. The molecule has 20 heavy (non-hydrogen) atoms. The minimum atomic E-state index is -0.00338. The third-order valence-corrected chi connectivity index (χ3v) is 4.28. The number of amides is 1. The van der Waals surface area contributed by atoms with Crippen LogP contribution in [0.25, 0.3) is 0 Å². The Morgan fingerprint density at radius 3 is 2.50 bits per heavy atom. The van der Waals surface area contributed by atoms with E-state index in [1.54, 1.807) is 4.90 Å². The number of nitrogens with zero attached hydrogens (tertiary/aromatic N) is 1. The van der Waals surface area contributed by atoms with Crippen molar-refractivity contribution in [3.63, 3.8) is 0 Å². The predicted octanol–water partition coefficient (Wildman–Crippen LogP) is 4.00. The zero-order valence-corrected chi connectivity index (χ0v) is 13.7. The van der Waals surface area contributed by atoms with Crippen LogP contribution < -0.4 is 10.6 Å². The van der Waals surface area contributed by atoms with Gasteiger partial charge in [-0.2, -0.15) is 0 Å². The minimum Gasteiger partial charge on any atom is -0.399 e. The molecule has 0 aromatic heterocycles. The topological polar surface area (TPSA) is 46.3 Å². The van der Waals surface area contributed by atoms with Crippen molar-refractivity contribution in [2.24, 2.45) is 0 Å². The number of hydrogen-bond acceptors (Lipinski definition) is 2. The van der Waals surface area contributed by atoms with Crippen molar-refractivity contribution in [1.29, 1.82) is 0 Å². The second-order valence-corrected chi connectivity index (χ2v) is 6.58. The van der Waals surface area contributed by atoms with E-state index < -0.39 is 0 Å². The van der Waals surface area contributed by atoms with E-state index in [1.165, 1.54) is 5.56 Å². The van der Waals surface area contributed by atoms with Gasteiger partial charge in [0.15, 0.2) is 0 Å². The lowest BCUT2D eigenvalue weighted by atomic mass is 10.1. The highest BCUT2D eigenvalue weighted by atomic mass is 79.9. The molecule has 0 atom stereocenters. The minimum absolute atomic E-state index is 0.00338. The molecule has 0 saturated carbocycles. The van der Waals surface area contributed by atoms with Gasteiger partial charge in [0.05, 0.1) is 0 Å². The Bertz CT molecular complexity index is 680. The van der Waals surface area contributed by atoms with E-state index in [0.29, 0.717) is 17.8 Å². The van der Waals surface area contributed by atoms with E-state index in [9.17, 15) is 4.79 Å². The summed E-state index contributed by atoms with van der Waals surface area (Å²) in [6, 6.07) is 11.3. The second kappa shape index (κ2) is 5.22. The Kier molecular flexibility index (Phi) is 3.56. The van der Waals surface area contributed by atoms with Crippen LogP contribution in [0.4, 0.5) is 11.4 Å². The van der Waals surface area contributed by atoms with Crippen molar-refractivity contribution in [1.82, 2.24) is 0 Å². The molecule has 1 aliphatic heterocycles. The summed E-state index contributed by atoms with van der Waals surface area (Å²) < 4.78 is 1.75. The van der Waals surface area contributed by atoms with Crippen LogP contribution >= 0.6 is 31.9 Å². The maximum Gasteiger partial charge on any atom is 0.258 e. The highest BCUT2D eigenvalue weighted by Crippen LogP contribution is 2.32. The number of hydrogen-bond donors (Lipinski definition) is 1. The van der Waals surface area contributed by atoms with Gasteiger partial charge in [0.2, 0.25) is 0 Å². The van der Waals surface area contributed by atoms with Gasteiger partial charge >= 0.3 is 0 Å². The van der Waals surface area contributed by atoms with Crippen molar-refractivity contribution >= 4 is 49.1 Å². The number of carbonyl (C=O) groups is 1. The molecule has 2 N–H and O–H groups in total. The molecular formula is C15H12Br2N2O. The molecule has 2 aromatic carbocycles. The Balaban J connectivity index is 1.99. The molecule has 1 amide bonds. The molecule has 0 spiro atoms. The lowest BCUT2D eigenvalue weighted by molar-refractivity contribution is 0.0989. The van der Waals surface area contributed by atoms with Crippen LogP contribution in [0.2, 0.25) is 0 Å². The maximum absolute atomic E-state index is 12.7. The summed E-state index contributed by atoms with van der Waals surface area (Å²) in [5, 5.41) is 0. The van der Waals surface area contributed by atoms with Crippen LogP contribution in [0.1, 0.15) is 15.9 Å². The zero-order chi connectivity index (χ0) is 14.3. The van der Waals surface area contributed by atoms with Gasteiger partial charge in [-0.15, -0.1) is 0 Å². The van der Waals surface area contributed by atoms with Crippen molar-refractivity contribution in [2.45, 2.75) is 6.42 Å². The van der Waals surface area contributed by atoms with Gasteiger partial charge in [0, 0.05) is 32.4 Å². The lowest BCUT2D eigenvalue weighted by Crippen LogP contribution is -2.28. The summed E-state index contributed by atoms with van der Waals surface area (Å²) in [6.07, 6.45) is 0.872. The van der Waals surface area contributed by atoms with Gasteiger partial charge < -0.3 is 10.6 Å². The molecule has 3 nitrogen and oxygen atoms in total. The average molecular weight is 396 g/mol. The zero-order valence-electron chi connectivity index (χ0n) is 10.6. The third-order valence-electron chi connectivity index (χ3n) is 3.36. The first-order chi connectivity index (χ1) is 9.54. The molecule has 0 aliphatic carbocycles. The fraction of sp³-hybridized carbons (Fsp3) is 0.133. The monoisotopic (exact) mass is 394 g/mol. The first-order valence-corrected chi connectivity index (χ1v) is 7.79. The van der Waals surface area contributed by atoms with Gasteiger partial charge in [-0.3, -0.25) is 4.79 Å². The highest BCUT2D eigenvalue weighted by molar-refractivity contribution is 9.11. The normalized spacial score (nSPS) is 13.4. The SMILES string of the molecule is Nc1ccc2c(c1)N(C(=O)c1cc(Br)cc(Br)c1)CC2. The average Bonchev–Trinajstić information content (AvgIpc) is 2.79. The quantitative estimate of drug-likeness (QED) is 0.742. The molecule has 0 saturated heterocycles. The van der Waals surface area contributed by atoms with Crippen molar-refractivity contribution < 1.29 is 4.79 Å². The second-order valence-electron chi connectivity index (χ2n) is 4.75. The summed E-state index contributed by atoms with van der Waals surface area (Å²) in [4.78, 5) is 14.5.